The van der Waals surface area contributed by atoms with E-state index in [1.165, 1.54) is 49.4 Å². The third-order valence-corrected chi connectivity index (χ3v) is 5.73. The maximum Gasteiger partial charge on any atom is 0.308 e. The van der Waals surface area contributed by atoms with Crippen LogP contribution < -0.4 is 9.47 Å². The molecule has 3 aromatic carbocycles. The van der Waals surface area contributed by atoms with Crippen molar-refractivity contribution < 1.29 is 27.1 Å². The number of esters is 1. The van der Waals surface area contributed by atoms with E-state index in [0.29, 0.717) is 0 Å². The second kappa shape index (κ2) is 8.00. The number of carbonyl (C=O) groups is 1. The van der Waals surface area contributed by atoms with Gasteiger partial charge in [0, 0.05) is 13.0 Å². The van der Waals surface area contributed by atoms with Crippen molar-refractivity contribution in [3.8, 4) is 17.2 Å². The van der Waals surface area contributed by atoms with Crippen LogP contribution >= 0.6 is 11.6 Å². The largest absolute Gasteiger partial charge is 0.453 e. The summed E-state index contributed by atoms with van der Waals surface area (Å²) in [7, 11) is -3.86. The van der Waals surface area contributed by atoms with Gasteiger partial charge in [-0.15, -0.1) is 0 Å². The van der Waals surface area contributed by atoms with Crippen molar-refractivity contribution in [1.29, 1.82) is 0 Å². The summed E-state index contributed by atoms with van der Waals surface area (Å²) < 4.78 is 50.0. The topological polar surface area (TPSA) is 69.7 Å². The molecule has 0 heterocycles. The molecule has 0 aromatic heterocycles. The molecule has 5 nitrogen and oxygen atoms in total. The van der Waals surface area contributed by atoms with Gasteiger partial charge in [0.2, 0.25) is 9.84 Å². The van der Waals surface area contributed by atoms with Gasteiger partial charge in [0.25, 0.3) is 0 Å². The Kier molecular flexibility index (Phi) is 5.67. The van der Waals surface area contributed by atoms with E-state index in [4.69, 9.17) is 21.1 Å². The lowest BCUT2D eigenvalue weighted by atomic mass is 10.3. The van der Waals surface area contributed by atoms with Crippen molar-refractivity contribution in [1.82, 2.24) is 0 Å². The molecule has 0 bridgehead atoms. The standard InChI is InChI=1S/C20H14ClFO5S/c1-13(23)26-14-7-9-17(21)20(11-14)27-19-10-8-16(12-18(19)22)28(24,25)15-5-3-2-4-6-15/h2-12H,1H3. The molecule has 144 valence electrons. The highest BCUT2D eigenvalue weighted by atomic mass is 35.5. The molecule has 0 aliphatic rings. The quantitative estimate of drug-likeness (QED) is 0.427. The van der Waals surface area contributed by atoms with Crippen LogP contribution in [0, 0.1) is 5.82 Å². The fraction of sp³-hybridized carbons (Fsp3) is 0.0500. The van der Waals surface area contributed by atoms with Crippen molar-refractivity contribution in [2.75, 3.05) is 0 Å². The van der Waals surface area contributed by atoms with Crippen LogP contribution in [-0.4, -0.2) is 14.4 Å². The van der Waals surface area contributed by atoms with Crippen LogP contribution in [0.2, 0.25) is 5.02 Å². The van der Waals surface area contributed by atoms with Gasteiger partial charge in [-0.2, -0.15) is 0 Å². The monoisotopic (exact) mass is 420 g/mol. The van der Waals surface area contributed by atoms with E-state index in [9.17, 15) is 17.6 Å². The number of sulfone groups is 1. The Morgan fingerprint density at radius 1 is 0.929 bits per heavy atom. The van der Waals surface area contributed by atoms with E-state index in [1.807, 2.05) is 0 Å². The van der Waals surface area contributed by atoms with Crippen LogP contribution in [0.5, 0.6) is 17.2 Å². The van der Waals surface area contributed by atoms with Gasteiger partial charge in [-0.3, -0.25) is 4.79 Å². The van der Waals surface area contributed by atoms with Crippen molar-refractivity contribution in [3.63, 3.8) is 0 Å². The third kappa shape index (κ3) is 4.32. The van der Waals surface area contributed by atoms with Gasteiger partial charge in [0.15, 0.2) is 11.6 Å². The van der Waals surface area contributed by atoms with Crippen molar-refractivity contribution >= 4 is 27.4 Å². The Hall–Kier alpha value is -2.90. The second-order valence-electron chi connectivity index (χ2n) is 5.70. The molecule has 3 rings (SSSR count). The van der Waals surface area contributed by atoms with Gasteiger partial charge in [-0.25, -0.2) is 12.8 Å². The lowest BCUT2D eigenvalue weighted by molar-refractivity contribution is -0.131. The maximum absolute atomic E-state index is 14.5. The van der Waals surface area contributed by atoms with Crippen LogP contribution in [0.15, 0.2) is 76.5 Å². The average molecular weight is 421 g/mol. The number of hydrogen-bond donors (Lipinski definition) is 0. The van der Waals surface area contributed by atoms with Crippen LogP contribution in [0.25, 0.3) is 0 Å². The summed E-state index contributed by atoms with van der Waals surface area (Å²) in [6.07, 6.45) is 0. The predicted molar refractivity (Wildman–Crippen MR) is 101 cm³/mol. The minimum absolute atomic E-state index is 0.0537. The zero-order valence-corrected chi connectivity index (χ0v) is 16.1. The number of halogens is 2. The molecule has 0 N–H and O–H groups in total. The first-order chi connectivity index (χ1) is 13.3. The van der Waals surface area contributed by atoms with Crippen LogP contribution in [-0.2, 0) is 14.6 Å². The highest BCUT2D eigenvalue weighted by Gasteiger charge is 2.20. The SMILES string of the molecule is CC(=O)Oc1ccc(Cl)c(Oc2ccc(S(=O)(=O)c3ccccc3)cc2F)c1. The lowest BCUT2D eigenvalue weighted by Crippen LogP contribution is -2.03. The fourth-order valence-electron chi connectivity index (χ4n) is 2.38. The Balaban J connectivity index is 1.91. The highest BCUT2D eigenvalue weighted by Crippen LogP contribution is 2.35. The molecular weight excluding hydrogens is 407 g/mol. The smallest absolute Gasteiger partial charge is 0.308 e. The van der Waals surface area contributed by atoms with Crippen LogP contribution in [0.3, 0.4) is 0 Å². The predicted octanol–water partition coefficient (Wildman–Crippen LogP) is 5.03. The molecular formula is C20H14ClFO5S. The molecule has 0 fully saturated rings. The van der Waals surface area contributed by atoms with Gasteiger partial charge in [0.05, 0.1) is 14.8 Å². The van der Waals surface area contributed by atoms with Crippen LogP contribution in [0.4, 0.5) is 4.39 Å². The summed E-state index contributed by atoms with van der Waals surface area (Å²) in [6, 6.07) is 15.2. The molecule has 8 heteroatoms. The first-order valence-electron chi connectivity index (χ1n) is 8.03. The summed E-state index contributed by atoms with van der Waals surface area (Å²) in [4.78, 5) is 10.9. The zero-order chi connectivity index (χ0) is 20.3. The maximum atomic E-state index is 14.5. The Morgan fingerprint density at radius 3 is 2.29 bits per heavy atom. The van der Waals surface area contributed by atoms with E-state index in [1.54, 1.807) is 18.2 Å². The molecule has 0 aliphatic carbocycles. The number of ether oxygens (including phenoxy) is 2. The van der Waals surface area contributed by atoms with Crippen molar-refractivity contribution in [3.05, 3.63) is 77.6 Å². The highest BCUT2D eigenvalue weighted by molar-refractivity contribution is 7.91. The van der Waals surface area contributed by atoms with E-state index in [-0.39, 0.29) is 32.1 Å². The molecule has 0 unspecified atom stereocenters. The summed E-state index contributed by atoms with van der Waals surface area (Å²) in [5, 5.41) is 0.163. The fourth-order valence-corrected chi connectivity index (χ4v) is 3.83. The molecule has 0 saturated carbocycles. The van der Waals surface area contributed by atoms with Gasteiger partial charge in [-0.05, 0) is 42.5 Å². The number of hydrogen-bond acceptors (Lipinski definition) is 5. The van der Waals surface area contributed by atoms with Gasteiger partial charge >= 0.3 is 5.97 Å². The number of rotatable bonds is 5. The van der Waals surface area contributed by atoms with Gasteiger partial charge in [0.1, 0.15) is 11.5 Å². The molecule has 0 aliphatic heterocycles. The molecule has 0 amide bonds. The Labute approximate surface area is 166 Å². The zero-order valence-electron chi connectivity index (χ0n) is 14.6. The summed E-state index contributed by atoms with van der Waals surface area (Å²) >= 11 is 6.04. The normalized spacial score (nSPS) is 11.1. The first-order valence-corrected chi connectivity index (χ1v) is 9.89. The first kappa shape index (κ1) is 19.9. The molecule has 0 saturated heterocycles. The van der Waals surface area contributed by atoms with Crippen molar-refractivity contribution in [2.45, 2.75) is 16.7 Å². The van der Waals surface area contributed by atoms with E-state index < -0.39 is 21.6 Å². The van der Waals surface area contributed by atoms with Gasteiger partial charge in [-0.1, -0.05) is 29.8 Å². The van der Waals surface area contributed by atoms with Crippen molar-refractivity contribution in [2.24, 2.45) is 0 Å². The molecule has 3 aromatic rings. The third-order valence-electron chi connectivity index (χ3n) is 3.65. The lowest BCUT2D eigenvalue weighted by Gasteiger charge is -2.11. The summed E-state index contributed by atoms with van der Waals surface area (Å²) in [5.41, 5.74) is 0. The minimum Gasteiger partial charge on any atom is -0.453 e. The minimum atomic E-state index is -3.86. The van der Waals surface area contributed by atoms with Gasteiger partial charge < -0.3 is 9.47 Å². The summed E-state index contributed by atoms with van der Waals surface area (Å²) in [6.45, 7) is 1.24. The molecule has 0 radical (unpaired) electrons. The summed E-state index contributed by atoms with van der Waals surface area (Å²) in [5.74, 6) is -1.41. The van der Waals surface area contributed by atoms with E-state index in [0.717, 1.165) is 6.07 Å². The molecule has 0 spiro atoms. The number of benzene rings is 3. The average Bonchev–Trinajstić information content (AvgIpc) is 2.66. The number of carbonyl (C=O) groups excluding carboxylic acids is 1. The van der Waals surface area contributed by atoms with Crippen LogP contribution in [0.1, 0.15) is 6.92 Å². The van der Waals surface area contributed by atoms with E-state index >= 15 is 0 Å². The second-order valence-corrected chi connectivity index (χ2v) is 8.05. The molecule has 28 heavy (non-hydrogen) atoms. The molecule has 0 atom stereocenters. The Bertz CT molecular complexity index is 1130. The Morgan fingerprint density at radius 2 is 1.64 bits per heavy atom. The van der Waals surface area contributed by atoms with E-state index in [2.05, 4.69) is 0 Å².